The molecule has 1 unspecified atom stereocenters. The monoisotopic (exact) mass is 820 g/mol. The van der Waals surface area contributed by atoms with Crippen molar-refractivity contribution in [2.75, 3.05) is 40.6 Å². The molecule has 1 aliphatic carbocycles. The predicted octanol–water partition coefficient (Wildman–Crippen LogP) is 5.28. The second-order valence-corrected chi connectivity index (χ2v) is 17.9. The average molecular weight is 821 g/mol. The Bertz CT molecular complexity index is 1570. The summed E-state index contributed by atoms with van der Waals surface area (Å²) < 4.78 is 34.3. The SMILES string of the molecule is COCCCOc1cc(C[C@H](C[C@H]2[C@H](C[C@H](C(=O)NCC(C)(C)C(N)=O)C(C)C)OC(COC(=O)C3(NC(=O)OC(C)(C)C)CC3)N2C(=O)O)C(C)C)ccc1OC. The van der Waals surface area contributed by atoms with Crippen LogP contribution in [-0.4, -0.2) is 110 Å². The molecule has 1 aromatic rings. The van der Waals surface area contributed by atoms with Crippen molar-refractivity contribution in [3.05, 3.63) is 23.8 Å². The number of alkyl carbamates (subject to hydrolysis) is 1. The van der Waals surface area contributed by atoms with Crippen molar-refractivity contribution in [1.82, 2.24) is 15.5 Å². The van der Waals surface area contributed by atoms with Crippen LogP contribution in [0.4, 0.5) is 9.59 Å². The van der Waals surface area contributed by atoms with Crippen molar-refractivity contribution >= 4 is 30.0 Å². The molecule has 0 bridgehead atoms. The van der Waals surface area contributed by atoms with E-state index in [4.69, 9.17) is 34.2 Å². The first-order valence-electron chi connectivity index (χ1n) is 20.3. The van der Waals surface area contributed by atoms with E-state index in [-0.39, 0.29) is 36.6 Å². The molecule has 16 nitrogen and oxygen atoms in total. The number of primary amides is 1. The molecule has 58 heavy (non-hydrogen) atoms. The number of ether oxygens (including phenoxy) is 6. The van der Waals surface area contributed by atoms with Crippen molar-refractivity contribution in [3.8, 4) is 11.5 Å². The quantitative estimate of drug-likeness (QED) is 0.0869. The van der Waals surface area contributed by atoms with Crippen LogP contribution in [-0.2, 0) is 39.8 Å². The third-order valence-electron chi connectivity index (χ3n) is 10.9. The number of methoxy groups -OCH3 is 2. The van der Waals surface area contributed by atoms with Gasteiger partial charge >= 0.3 is 18.2 Å². The molecule has 1 aliphatic heterocycles. The van der Waals surface area contributed by atoms with Gasteiger partial charge in [-0.1, -0.05) is 33.8 Å². The van der Waals surface area contributed by atoms with E-state index in [1.54, 1.807) is 48.8 Å². The lowest BCUT2D eigenvalue weighted by Gasteiger charge is -2.33. The molecule has 0 radical (unpaired) electrons. The molecular formula is C42H68N4O12. The van der Waals surface area contributed by atoms with Gasteiger partial charge in [0.2, 0.25) is 11.8 Å². The van der Waals surface area contributed by atoms with Crippen LogP contribution in [0.15, 0.2) is 18.2 Å². The Kier molecular flexibility index (Phi) is 17.1. The Hall–Kier alpha value is -4.31. The molecule has 0 spiro atoms. The fourth-order valence-corrected chi connectivity index (χ4v) is 6.91. The fourth-order valence-electron chi connectivity index (χ4n) is 6.91. The summed E-state index contributed by atoms with van der Waals surface area (Å²) in [5, 5.41) is 16.2. The molecule has 1 heterocycles. The molecule has 2 fully saturated rings. The van der Waals surface area contributed by atoms with E-state index in [0.29, 0.717) is 56.8 Å². The van der Waals surface area contributed by atoms with Crippen molar-refractivity contribution < 1.29 is 57.5 Å². The summed E-state index contributed by atoms with van der Waals surface area (Å²) in [6, 6.07) is 5.01. The topological polar surface area (TPSA) is 214 Å². The van der Waals surface area contributed by atoms with Gasteiger partial charge in [0, 0.05) is 32.6 Å². The number of hydrogen-bond donors (Lipinski definition) is 4. The summed E-state index contributed by atoms with van der Waals surface area (Å²) in [5.74, 6) is -1.20. The van der Waals surface area contributed by atoms with E-state index in [2.05, 4.69) is 24.5 Å². The largest absolute Gasteiger partial charge is 0.493 e. The summed E-state index contributed by atoms with van der Waals surface area (Å²) >= 11 is 0. The van der Waals surface area contributed by atoms with Gasteiger partial charge in [-0.25, -0.2) is 14.4 Å². The van der Waals surface area contributed by atoms with Crippen LogP contribution in [0.2, 0.25) is 0 Å². The minimum atomic E-state index is -1.28. The first-order valence-corrected chi connectivity index (χ1v) is 20.3. The van der Waals surface area contributed by atoms with E-state index >= 15 is 0 Å². The van der Waals surface area contributed by atoms with Crippen LogP contribution < -0.4 is 25.8 Å². The molecule has 4 amide bonds. The van der Waals surface area contributed by atoms with Crippen molar-refractivity contribution in [1.29, 1.82) is 0 Å². The highest BCUT2D eigenvalue weighted by Gasteiger charge is 2.55. The van der Waals surface area contributed by atoms with Gasteiger partial charge in [0.05, 0.1) is 31.3 Å². The Labute approximate surface area is 343 Å². The molecule has 2 aliphatic rings. The van der Waals surface area contributed by atoms with Crippen molar-refractivity contribution in [2.45, 2.75) is 130 Å². The van der Waals surface area contributed by atoms with E-state index < -0.39 is 71.5 Å². The molecule has 1 saturated heterocycles. The van der Waals surface area contributed by atoms with E-state index in [1.165, 1.54) is 4.90 Å². The number of nitrogens with two attached hydrogens (primary N) is 1. The highest BCUT2D eigenvalue weighted by atomic mass is 16.6. The van der Waals surface area contributed by atoms with Gasteiger partial charge in [-0.15, -0.1) is 0 Å². The molecular weight excluding hydrogens is 752 g/mol. The van der Waals surface area contributed by atoms with Crippen molar-refractivity contribution in [2.24, 2.45) is 34.8 Å². The average Bonchev–Trinajstić information content (AvgIpc) is 3.82. The first-order chi connectivity index (χ1) is 27.0. The lowest BCUT2D eigenvalue weighted by molar-refractivity contribution is -0.154. The molecule has 0 aromatic heterocycles. The normalized spacial score (nSPS) is 19.9. The molecule has 328 valence electrons. The van der Waals surface area contributed by atoms with Crippen LogP contribution in [0.5, 0.6) is 11.5 Å². The van der Waals surface area contributed by atoms with E-state index in [9.17, 15) is 29.1 Å². The Morgan fingerprint density at radius 1 is 0.983 bits per heavy atom. The number of amides is 4. The number of benzene rings is 1. The highest BCUT2D eigenvalue weighted by molar-refractivity contribution is 5.89. The summed E-state index contributed by atoms with van der Waals surface area (Å²) in [6.45, 7) is 16.9. The second-order valence-electron chi connectivity index (χ2n) is 17.9. The molecule has 1 aromatic carbocycles. The zero-order chi connectivity index (χ0) is 43.6. The molecule has 5 atom stereocenters. The summed E-state index contributed by atoms with van der Waals surface area (Å²) in [6.07, 6.45) is -1.54. The van der Waals surface area contributed by atoms with Gasteiger partial charge in [-0.05, 0) is 102 Å². The maximum atomic E-state index is 13.7. The first kappa shape index (κ1) is 48.1. The van der Waals surface area contributed by atoms with Gasteiger partial charge < -0.3 is 49.9 Å². The minimum Gasteiger partial charge on any atom is -0.493 e. The minimum absolute atomic E-state index is 0.0214. The molecule has 1 saturated carbocycles. The Balaban J connectivity index is 1.92. The smallest absolute Gasteiger partial charge is 0.409 e. The maximum absolute atomic E-state index is 13.7. The second kappa shape index (κ2) is 20.6. The van der Waals surface area contributed by atoms with Crippen LogP contribution in [0.3, 0.4) is 0 Å². The third kappa shape index (κ3) is 13.6. The van der Waals surface area contributed by atoms with Gasteiger partial charge in [0.25, 0.3) is 0 Å². The lowest BCUT2D eigenvalue weighted by Crippen LogP contribution is -2.49. The van der Waals surface area contributed by atoms with Gasteiger partial charge in [-0.3, -0.25) is 14.5 Å². The Morgan fingerprint density at radius 3 is 2.19 bits per heavy atom. The highest BCUT2D eigenvalue weighted by Crippen LogP contribution is 2.40. The van der Waals surface area contributed by atoms with Crippen molar-refractivity contribution in [3.63, 3.8) is 0 Å². The number of nitrogens with one attached hydrogen (secondary N) is 2. The number of carbonyl (C=O) groups excluding carboxylic acids is 4. The van der Waals surface area contributed by atoms with Gasteiger partial charge in [0.1, 0.15) is 17.7 Å². The molecule has 16 heteroatoms. The number of rotatable bonds is 22. The summed E-state index contributed by atoms with van der Waals surface area (Å²) in [5.41, 5.74) is 3.48. The van der Waals surface area contributed by atoms with Crippen LogP contribution in [0, 0.1) is 29.1 Å². The summed E-state index contributed by atoms with van der Waals surface area (Å²) in [7, 11) is 3.21. The number of nitrogens with zero attached hydrogens (tertiary/aromatic N) is 1. The van der Waals surface area contributed by atoms with Crippen LogP contribution >= 0.6 is 0 Å². The molecule has 5 N–H and O–H groups in total. The zero-order valence-electron chi connectivity index (χ0n) is 36.3. The number of esters is 1. The third-order valence-corrected chi connectivity index (χ3v) is 10.9. The number of carboxylic acid groups (broad SMARTS) is 1. The summed E-state index contributed by atoms with van der Waals surface area (Å²) in [4.78, 5) is 66.0. The zero-order valence-corrected chi connectivity index (χ0v) is 36.3. The standard InChI is InChI=1S/C42H68N4O12/c1-25(2)28(19-27-13-14-31(54-11)33(20-27)55-18-12-17-53-10)21-30-32(22-29(26(3)4)35(47)44-24-41(8,9)36(43)48)57-34(46(30)39(51)52)23-56-37(49)42(15-16-42)45-38(50)58-40(5,6)7/h13-14,20,25-26,28-30,32,34H,12,15-19,21-24H2,1-11H3,(H2,43,48)(H,44,47)(H,45,50)(H,51,52)/t28-,29+,30+,32+,34?/m1/s1. The van der Waals surface area contributed by atoms with E-state index in [0.717, 1.165) is 5.56 Å². The van der Waals surface area contributed by atoms with E-state index in [1.807, 2.05) is 32.0 Å². The van der Waals surface area contributed by atoms with Crippen LogP contribution in [0.1, 0.15) is 100.0 Å². The lowest BCUT2D eigenvalue weighted by atomic mass is 9.80. The van der Waals surface area contributed by atoms with Crippen LogP contribution in [0.25, 0.3) is 0 Å². The maximum Gasteiger partial charge on any atom is 0.409 e. The predicted molar refractivity (Wildman–Crippen MR) is 215 cm³/mol. The van der Waals surface area contributed by atoms with Gasteiger partial charge in [0.15, 0.2) is 17.7 Å². The fraction of sp³-hybridized carbons (Fsp3) is 0.738. The van der Waals surface area contributed by atoms with Gasteiger partial charge in [-0.2, -0.15) is 0 Å². The Morgan fingerprint density at radius 2 is 1.66 bits per heavy atom. The molecule has 3 rings (SSSR count). The number of hydrogen-bond acceptors (Lipinski definition) is 11. The number of carbonyl (C=O) groups is 5.